The Hall–Kier alpha value is -4.38. The van der Waals surface area contributed by atoms with Gasteiger partial charge in [-0.1, -0.05) is 0 Å². The highest BCUT2D eigenvalue weighted by molar-refractivity contribution is 5.91. The third-order valence-electron chi connectivity index (χ3n) is 6.64. The molecule has 3 aromatic heterocycles. The molecule has 4 aromatic rings. The van der Waals surface area contributed by atoms with Crippen LogP contribution >= 0.6 is 0 Å². The van der Waals surface area contributed by atoms with Gasteiger partial charge in [-0.15, -0.1) is 0 Å². The lowest BCUT2D eigenvalue weighted by atomic mass is 10.1. The van der Waals surface area contributed by atoms with Gasteiger partial charge in [-0.25, -0.2) is 4.39 Å². The van der Waals surface area contributed by atoms with E-state index in [9.17, 15) is 9.18 Å². The number of aromatic nitrogens is 4. The average Bonchev–Trinajstić information content (AvgIpc) is 3.41. The number of pyridine rings is 2. The van der Waals surface area contributed by atoms with Crippen molar-refractivity contribution in [3.8, 4) is 17.2 Å². The van der Waals surface area contributed by atoms with Crippen molar-refractivity contribution < 1.29 is 23.5 Å². The van der Waals surface area contributed by atoms with Crippen molar-refractivity contribution in [2.45, 2.75) is 58.6 Å². The Kier molecular flexibility index (Phi) is 9.84. The molecule has 0 unspecified atom stereocenters. The smallest absolute Gasteiger partial charge is 0.230 e. The molecule has 1 fully saturated rings. The van der Waals surface area contributed by atoms with Gasteiger partial charge in [0.05, 0.1) is 41.3 Å². The number of anilines is 1. The number of nitrogens with zero attached hydrogens (tertiary/aromatic N) is 5. The fourth-order valence-corrected chi connectivity index (χ4v) is 4.43. The number of nitrogens with one attached hydrogen (secondary N) is 1. The van der Waals surface area contributed by atoms with Crippen molar-refractivity contribution in [3.63, 3.8) is 0 Å². The highest BCUT2D eigenvalue weighted by atomic mass is 19.1. The van der Waals surface area contributed by atoms with Crippen molar-refractivity contribution in [1.29, 1.82) is 0 Å². The number of aldehydes is 1. The lowest BCUT2D eigenvalue weighted by Crippen LogP contribution is -2.35. The maximum atomic E-state index is 14.9. The summed E-state index contributed by atoms with van der Waals surface area (Å²) in [5.41, 5.74) is 1.09. The first kappa shape index (κ1) is 30.6. The van der Waals surface area contributed by atoms with Gasteiger partial charge in [0.25, 0.3) is 0 Å². The molecule has 4 heterocycles. The first-order valence-corrected chi connectivity index (χ1v) is 13.9. The van der Waals surface area contributed by atoms with Crippen LogP contribution in [0.25, 0.3) is 10.9 Å². The van der Waals surface area contributed by atoms with Crippen LogP contribution in [0.5, 0.6) is 17.2 Å². The molecule has 0 aliphatic carbocycles. The molecule has 1 saturated heterocycles. The fraction of sp³-hybridized carbons (Fsp3) is 0.387. The first-order valence-electron chi connectivity index (χ1n) is 13.9. The maximum absolute atomic E-state index is 14.9. The number of halogens is 1. The summed E-state index contributed by atoms with van der Waals surface area (Å²) in [6, 6.07) is 8.65. The van der Waals surface area contributed by atoms with E-state index >= 15 is 0 Å². The van der Waals surface area contributed by atoms with Gasteiger partial charge >= 0.3 is 0 Å². The summed E-state index contributed by atoms with van der Waals surface area (Å²) in [6.45, 7) is 9.48. The highest BCUT2D eigenvalue weighted by Crippen LogP contribution is 2.32. The van der Waals surface area contributed by atoms with Crippen LogP contribution in [-0.4, -0.2) is 63.1 Å². The Morgan fingerprint density at radius 3 is 2.52 bits per heavy atom. The molecule has 1 amide bonds. The predicted octanol–water partition coefficient (Wildman–Crippen LogP) is 5.37. The van der Waals surface area contributed by atoms with Crippen LogP contribution in [-0.2, 0) is 21.5 Å². The number of benzene rings is 1. The molecule has 0 radical (unpaired) electrons. The van der Waals surface area contributed by atoms with Crippen LogP contribution in [0, 0.1) is 5.82 Å². The Labute approximate surface area is 244 Å². The molecule has 5 rings (SSSR count). The Morgan fingerprint density at radius 2 is 1.86 bits per heavy atom. The van der Waals surface area contributed by atoms with Crippen LogP contribution in [0.3, 0.4) is 0 Å². The molecule has 1 aromatic carbocycles. The molecule has 0 spiro atoms. The van der Waals surface area contributed by atoms with E-state index in [1.807, 2.05) is 39.0 Å². The minimum atomic E-state index is -0.627. The quantitative estimate of drug-likeness (QED) is 0.292. The number of amides is 1. The lowest BCUT2D eigenvalue weighted by Gasteiger charge is -2.29. The Bertz CT molecular complexity index is 1530. The first-order chi connectivity index (χ1) is 20.0. The minimum Gasteiger partial charge on any atom is -0.490 e. The molecule has 222 valence electrons. The summed E-state index contributed by atoms with van der Waals surface area (Å²) in [5.74, 6) is 0.459. The molecule has 0 atom stereocenters. The fourth-order valence-electron chi connectivity index (χ4n) is 4.43. The second-order valence-electron chi connectivity index (χ2n) is 11.1. The summed E-state index contributed by atoms with van der Waals surface area (Å²) in [5, 5.41) is 7.75. The zero-order valence-corrected chi connectivity index (χ0v) is 24.6. The van der Waals surface area contributed by atoms with Gasteiger partial charge in [0.2, 0.25) is 5.91 Å². The lowest BCUT2D eigenvalue weighted by molar-refractivity contribution is -0.115. The van der Waals surface area contributed by atoms with E-state index < -0.39 is 5.82 Å². The number of carbonyl (C=O) groups is 2. The summed E-state index contributed by atoms with van der Waals surface area (Å²) in [6.07, 6.45) is 8.99. The van der Waals surface area contributed by atoms with E-state index in [1.165, 1.54) is 19.2 Å². The molecule has 1 N–H and O–H groups in total. The molecule has 0 saturated carbocycles. The second kappa shape index (κ2) is 13.5. The number of likely N-dealkylation sites (tertiary alicyclic amines) is 1. The van der Waals surface area contributed by atoms with Gasteiger partial charge in [0, 0.05) is 36.9 Å². The van der Waals surface area contributed by atoms with Crippen molar-refractivity contribution in [3.05, 3.63) is 66.6 Å². The SMILES string of the molecule is CC=O.CN1CCC(Oc2ccc3nccc(Oc4cnc(CC(=O)Nc5cnn(C(C)(C)C)c5)c(F)c4)c3c2)CC1. The maximum Gasteiger partial charge on any atom is 0.230 e. The van der Waals surface area contributed by atoms with Crippen molar-refractivity contribution in [1.82, 2.24) is 24.6 Å². The third kappa shape index (κ3) is 8.10. The van der Waals surface area contributed by atoms with E-state index in [1.54, 1.807) is 29.3 Å². The zero-order valence-electron chi connectivity index (χ0n) is 24.6. The Morgan fingerprint density at radius 1 is 1.12 bits per heavy atom. The standard InChI is InChI=1S/C29H33FN6O3.C2H4O/c1-29(2,3)36-18-19(16-33-36)34-28(37)15-26-24(30)14-22(17-32-26)39-27-7-10-31-25-6-5-21(13-23(25)27)38-20-8-11-35(4)12-9-20;1-2-3/h5-7,10,13-14,16-18,20H,8-9,11-12,15H2,1-4H3,(H,34,37);2H,1H3. The number of carbonyl (C=O) groups excluding carboxylic acids is 2. The van der Waals surface area contributed by atoms with Crippen molar-refractivity contribution in [2.75, 3.05) is 25.5 Å². The Balaban J connectivity index is 0.00000129. The van der Waals surface area contributed by atoms with E-state index in [2.05, 4.69) is 32.3 Å². The van der Waals surface area contributed by atoms with Gasteiger partial charge in [-0.2, -0.15) is 5.10 Å². The summed E-state index contributed by atoms with van der Waals surface area (Å²) < 4.78 is 28.9. The summed E-state index contributed by atoms with van der Waals surface area (Å²) >= 11 is 0. The number of hydrogen-bond acceptors (Lipinski definition) is 8. The highest BCUT2D eigenvalue weighted by Gasteiger charge is 2.19. The molecular formula is C31H37FN6O4. The molecule has 1 aliphatic heterocycles. The molecule has 11 heteroatoms. The van der Waals surface area contributed by atoms with Gasteiger partial charge < -0.3 is 24.5 Å². The molecule has 10 nitrogen and oxygen atoms in total. The van der Waals surface area contributed by atoms with E-state index in [0.29, 0.717) is 11.4 Å². The number of piperidine rings is 1. The van der Waals surface area contributed by atoms with Gasteiger partial charge in [-0.3, -0.25) is 19.4 Å². The summed E-state index contributed by atoms with van der Waals surface area (Å²) in [7, 11) is 2.12. The van der Waals surface area contributed by atoms with Gasteiger partial charge in [-0.05, 0) is 71.8 Å². The molecule has 42 heavy (non-hydrogen) atoms. The predicted molar refractivity (Wildman–Crippen MR) is 158 cm³/mol. The van der Waals surface area contributed by atoms with Gasteiger partial charge in [0.15, 0.2) is 0 Å². The minimum absolute atomic E-state index is 0.0245. The van der Waals surface area contributed by atoms with Crippen LogP contribution in [0.1, 0.15) is 46.2 Å². The zero-order chi connectivity index (χ0) is 30.3. The second-order valence-corrected chi connectivity index (χ2v) is 11.1. The van der Waals surface area contributed by atoms with Crippen molar-refractivity contribution >= 4 is 28.8 Å². The molecule has 0 bridgehead atoms. The molecule has 1 aliphatic rings. The largest absolute Gasteiger partial charge is 0.490 e. The molecular weight excluding hydrogens is 539 g/mol. The number of ether oxygens (including phenoxy) is 2. The van der Waals surface area contributed by atoms with Gasteiger partial charge in [0.1, 0.15) is 35.5 Å². The number of hydrogen-bond donors (Lipinski definition) is 1. The van der Waals surface area contributed by atoms with E-state index in [0.717, 1.165) is 48.9 Å². The average molecular weight is 577 g/mol. The van der Waals surface area contributed by atoms with E-state index in [-0.39, 0.29) is 35.4 Å². The monoisotopic (exact) mass is 576 g/mol. The van der Waals surface area contributed by atoms with E-state index in [4.69, 9.17) is 14.3 Å². The van der Waals surface area contributed by atoms with Crippen LogP contribution in [0.15, 0.2) is 55.1 Å². The third-order valence-corrected chi connectivity index (χ3v) is 6.64. The van der Waals surface area contributed by atoms with Crippen LogP contribution in [0.2, 0.25) is 0 Å². The summed E-state index contributed by atoms with van der Waals surface area (Å²) in [4.78, 5) is 32.2. The van der Waals surface area contributed by atoms with Crippen molar-refractivity contribution in [2.24, 2.45) is 0 Å². The van der Waals surface area contributed by atoms with Crippen LogP contribution in [0.4, 0.5) is 10.1 Å². The van der Waals surface area contributed by atoms with Crippen LogP contribution < -0.4 is 14.8 Å². The number of rotatable bonds is 7. The normalized spacial score (nSPS) is 14.1. The number of fused-ring (bicyclic) bond motifs is 1. The topological polar surface area (TPSA) is 111 Å².